The average molecular weight is 196 g/mol. The zero-order valence-corrected chi connectivity index (χ0v) is 10.2. The Hall–Kier alpha value is -0.0400. The fraction of sp³-hybridized carbons (Fsp3) is 1.00. The van der Waals surface area contributed by atoms with Gasteiger partial charge in [-0.2, -0.15) is 0 Å². The lowest BCUT2D eigenvalue weighted by atomic mass is 9.60. The van der Waals surface area contributed by atoms with E-state index in [2.05, 4.69) is 34.6 Å². The first-order valence-electron chi connectivity index (χ1n) is 5.96. The molecule has 0 spiro atoms. The maximum Gasteiger partial charge on any atom is 0.0604 e. The lowest BCUT2D eigenvalue weighted by Crippen LogP contribution is -2.38. The molecule has 1 nitrogen and oxygen atoms in total. The average Bonchev–Trinajstić information content (AvgIpc) is 2.34. The Labute approximate surface area is 87.9 Å². The van der Waals surface area contributed by atoms with E-state index in [1.807, 2.05) is 0 Å². The molecule has 2 bridgehead atoms. The minimum Gasteiger partial charge on any atom is -0.393 e. The maximum atomic E-state index is 10.2. The highest BCUT2D eigenvalue weighted by molar-refractivity contribution is 5.18. The molecule has 1 heteroatoms. The molecule has 0 radical (unpaired) electrons. The summed E-state index contributed by atoms with van der Waals surface area (Å²) in [5.41, 5.74) is 0.853. The Kier molecular flexibility index (Phi) is 1.91. The summed E-state index contributed by atoms with van der Waals surface area (Å²) in [4.78, 5) is 0. The molecule has 0 amide bonds. The SMILES string of the molecule is CC(C)C12CCC(C)(C(O)C1)C2(C)C. The number of aliphatic hydroxyl groups excluding tert-OH is 1. The molecule has 82 valence electrons. The van der Waals surface area contributed by atoms with Crippen molar-refractivity contribution in [3.8, 4) is 0 Å². The quantitative estimate of drug-likeness (QED) is 0.682. The maximum absolute atomic E-state index is 10.2. The Morgan fingerprint density at radius 2 is 1.71 bits per heavy atom. The molecule has 2 aliphatic carbocycles. The van der Waals surface area contributed by atoms with Crippen molar-refractivity contribution in [2.24, 2.45) is 22.2 Å². The summed E-state index contributed by atoms with van der Waals surface area (Å²) in [6, 6.07) is 0. The van der Waals surface area contributed by atoms with Gasteiger partial charge in [-0.15, -0.1) is 0 Å². The standard InChI is InChI=1S/C13H24O/c1-9(2)13-7-6-12(5,10(14)8-13)11(13,3)4/h9-10,14H,6-8H2,1-5H3. The summed E-state index contributed by atoms with van der Waals surface area (Å²) in [5.74, 6) is 0.691. The van der Waals surface area contributed by atoms with Gasteiger partial charge in [0.1, 0.15) is 0 Å². The van der Waals surface area contributed by atoms with Crippen LogP contribution in [0.25, 0.3) is 0 Å². The molecule has 0 saturated heterocycles. The first-order valence-corrected chi connectivity index (χ1v) is 5.96. The van der Waals surface area contributed by atoms with Crippen molar-refractivity contribution >= 4 is 0 Å². The van der Waals surface area contributed by atoms with Gasteiger partial charge in [0.15, 0.2) is 0 Å². The highest BCUT2D eigenvalue weighted by atomic mass is 16.3. The number of hydrogen-bond donors (Lipinski definition) is 1. The molecule has 0 aromatic heterocycles. The minimum absolute atomic E-state index is 0.0753. The van der Waals surface area contributed by atoms with Gasteiger partial charge >= 0.3 is 0 Å². The number of rotatable bonds is 1. The van der Waals surface area contributed by atoms with E-state index < -0.39 is 0 Å². The van der Waals surface area contributed by atoms with Crippen LogP contribution in [0, 0.1) is 22.2 Å². The third-order valence-electron chi connectivity index (χ3n) is 6.16. The van der Waals surface area contributed by atoms with E-state index in [4.69, 9.17) is 0 Å². The molecule has 2 fully saturated rings. The first kappa shape index (κ1) is 10.5. The number of aliphatic hydroxyl groups is 1. The fourth-order valence-electron chi connectivity index (χ4n) is 4.43. The lowest BCUT2D eigenvalue weighted by Gasteiger charge is -2.43. The van der Waals surface area contributed by atoms with E-state index in [-0.39, 0.29) is 11.5 Å². The molecular weight excluding hydrogens is 172 g/mol. The number of hydrogen-bond acceptors (Lipinski definition) is 1. The van der Waals surface area contributed by atoms with Crippen LogP contribution in [-0.2, 0) is 0 Å². The van der Waals surface area contributed by atoms with Crippen LogP contribution in [0.15, 0.2) is 0 Å². The predicted molar refractivity (Wildman–Crippen MR) is 59.0 cm³/mol. The van der Waals surface area contributed by atoms with Crippen LogP contribution in [0.1, 0.15) is 53.9 Å². The molecule has 1 N–H and O–H groups in total. The zero-order valence-electron chi connectivity index (χ0n) is 10.2. The monoisotopic (exact) mass is 196 g/mol. The van der Waals surface area contributed by atoms with E-state index in [1.54, 1.807) is 0 Å². The molecule has 2 saturated carbocycles. The Morgan fingerprint density at radius 1 is 1.14 bits per heavy atom. The molecule has 0 heterocycles. The normalized spacial score (nSPS) is 50.4. The molecule has 2 rings (SSSR count). The van der Waals surface area contributed by atoms with Crippen LogP contribution >= 0.6 is 0 Å². The molecule has 0 aromatic carbocycles. The zero-order chi connectivity index (χ0) is 10.8. The highest BCUT2D eigenvalue weighted by Gasteiger charge is 2.69. The summed E-state index contributed by atoms with van der Waals surface area (Å²) in [6.07, 6.45) is 3.47. The summed E-state index contributed by atoms with van der Waals surface area (Å²) in [7, 11) is 0. The van der Waals surface area contributed by atoms with Gasteiger partial charge < -0.3 is 5.11 Å². The van der Waals surface area contributed by atoms with Crippen molar-refractivity contribution in [3.63, 3.8) is 0 Å². The van der Waals surface area contributed by atoms with Gasteiger partial charge in [-0.1, -0.05) is 34.6 Å². The molecular formula is C13H24O. The van der Waals surface area contributed by atoms with Crippen LogP contribution in [0.2, 0.25) is 0 Å². The largest absolute Gasteiger partial charge is 0.393 e. The predicted octanol–water partition coefficient (Wildman–Crippen LogP) is 3.22. The van der Waals surface area contributed by atoms with Crippen LogP contribution in [0.3, 0.4) is 0 Å². The Balaban J connectivity index is 2.49. The molecule has 3 atom stereocenters. The van der Waals surface area contributed by atoms with Gasteiger partial charge in [0, 0.05) is 0 Å². The third kappa shape index (κ3) is 0.816. The third-order valence-corrected chi connectivity index (χ3v) is 6.16. The topological polar surface area (TPSA) is 20.2 Å². The number of fused-ring (bicyclic) bond motifs is 2. The smallest absolute Gasteiger partial charge is 0.0604 e. The van der Waals surface area contributed by atoms with Crippen molar-refractivity contribution in [1.29, 1.82) is 0 Å². The Morgan fingerprint density at radius 3 is 1.93 bits per heavy atom. The fourth-order valence-corrected chi connectivity index (χ4v) is 4.43. The molecule has 0 aliphatic heterocycles. The minimum atomic E-state index is -0.0753. The van der Waals surface area contributed by atoms with Gasteiger partial charge in [-0.3, -0.25) is 0 Å². The van der Waals surface area contributed by atoms with Gasteiger partial charge in [0.25, 0.3) is 0 Å². The van der Waals surface area contributed by atoms with Crippen molar-refractivity contribution in [1.82, 2.24) is 0 Å². The van der Waals surface area contributed by atoms with E-state index >= 15 is 0 Å². The summed E-state index contributed by atoms with van der Waals surface area (Å²) >= 11 is 0. The van der Waals surface area contributed by atoms with Crippen LogP contribution in [-0.4, -0.2) is 11.2 Å². The van der Waals surface area contributed by atoms with Crippen molar-refractivity contribution in [2.45, 2.75) is 60.0 Å². The summed E-state index contributed by atoms with van der Waals surface area (Å²) in [6.45, 7) is 11.7. The van der Waals surface area contributed by atoms with Gasteiger partial charge in [-0.05, 0) is 41.4 Å². The molecule has 2 aliphatic rings. The van der Waals surface area contributed by atoms with E-state index in [0.29, 0.717) is 16.7 Å². The molecule has 0 aromatic rings. The van der Waals surface area contributed by atoms with E-state index in [1.165, 1.54) is 12.8 Å². The van der Waals surface area contributed by atoms with E-state index in [0.717, 1.165) is 6.42 Å². The van der Waals surface area contributed by atoms with Crippen LogP contribution in [0.4, 0.5) is 0 Å². The van der Waals surface area contributed by atoms with Crippen LogP contribution < -0.4 is 0 Å². The highest BCUT2D eigenvalue weighted by Crippen LogP contribution is 2.74. The molecule has 14 heavy (non-hydrogen) atoms. The second-order valence-electron chi connectivity index (χ2n) is 6.57. The summed E-state index contributed by atoms with van der Waals surface area (Å²) in [5, 5.41) is 10.2. The first-order chi connectivity index (χ1) is 6.28. The second kappa shape index (κ2) is 2.55. The van der Waals surface area contributed by atoms with Gasteiger partial charge in [0.2, 0.25) is 0 Å². The van der Waals surface area contributed by atoms with Gasteiger partial charge in [0.05, 0.1) is 6.10 Å². The van der Waals surface area contributed by atoms with Crippen LogP contribution in [0.5, 0.6) is 0 Å². The van der Waals surface area contributed by atoms with Crippen molar-refractivity contribution in [3.05, 3.63) is 0 Å². The molecule has 3 unspecified atom stereocenters. The lowest BCUT2D eigenvalue weighted by molar-refractivity contribution is 0.00871. The van der Waals surface area contributed by atoms with Gasteiger partial charge in [-0.25, -0.2) is 0 Å². The Bertz CT molecular complexity index is 256. The van der Waals surface area contributed by atoms with Crippen molar-refractivity contribution < 1.29 is 5.11 Å². The second-order valence-corrected chi connectivity index (χ2v) is 6.57. The van der Waals surface area contributed by atoms with Crippen molar-refractivity contribution in [2.75, 3.05) is 0 Å². The van der Waals surface area contributed by atoms with E-state index in [9.17, 15) is 5.11 Å². The summed E-state index contributed by atoms with van der Waals surface area (Å²) < 4.78 is 0.